The molecular weight excluding hydrogens is 691 g/mol. The predicted octanol–water partition coefficient (Wildman–Crippen LogP) is 15.7. The highest BCUT2D eigenvalue weighted by Crippen LogP contribution is 2.43. The van der Waals surface area contributed by atoms with Gasteiger partial charge in [0.05, 0.1) is 11.0 Å². The third kappa shape index (κ3) is 7.47. The summed E-state index contributed by atoms with van der Waals surface area (Å²) in [7, 11) is 0. The second-order valence-corrected chi connectivity index (χ2v) is 16.0. The molecule has 1 heterocycles. The van der Waals surface area contributed by atoms with Gasteiger partial charge < -0.3 is 14.4 Å². The van der Waals surface area contributed by atoms with E-state index in [1.54, 1.807) is 0 Å². The molecule has 0 saturated carbocycles. The summed E-state index contributed by atoms with van der Waals surface area (Å²) < 4.78 is 2.46. The lowest BCUT2D eigenvalue weighted by atomic mass is 10.0. The summed E-state index contributed by atoms with van der Waals surface area (Å²) in [6, 6.07) is 59.3. The van der Waals surface area contributed by atoms with Crippen LogP contribution in [0.5, 0.6) is 0 Å². The maximum Gasteiger partial charge on any atom is 0.0542 e. The minimum Gasteiger partial charge on any atom is -0.310 e. The number of aromatic nitrogens is 1. The molecule has 0 saturated heterocycles. The van der Waals surface area contributed by atoms with Crippen LogP contribution in [0.2, 0.25) is 0 Å². The quantitative estimate of drug-likeness (QED) is 0.123. The van der Waals surface area contributed by atoms with Gasteiger partial charge in [0.25, 0.3) is 0 Å². The first-order valence-corrected chi connectivity index (χ1v) is 20.9. The van der Waals surface area contributed by atoms with Gasteiger partial charge in [-0.25, -0.2) is 0 Å². The van der Waals surface area contributed by atoms with Crippen molar-refractivity contribution >= 4 is 55.9 Å². The molecule has 0 amide bonds. The van der Waals surface area contributed by atoms with E-state index in [1.165, 1.54) is 78.1 Å². The Morgan fingerprint density at radius 3 is 1.18 bits per heavy atom. The average molecular weight is 746 g/mol. The molecule has 57 heavy (non-hydrogen) atoms. The summed E-state index contributed by atoms with van der Waals surface area (Å²) in [4.78, 5) is 4.88. The average Bonchev–Trinajstić information content (AvgIpc) is 3.57. The number of aryl methyl sites for hydroxylation is 3. The van der Waals surface area contributed by atoms with Gasteiger partial charge in [0, 0.05) is 50.6 Å². The van der Waals surface area contributed by atoms with Crippen LogP contribution in [-0.2, 0) is 19.3 Å². The van der Waals surface area contributed by atoms with E-state index in [-0.39, 0.29) is 0 Å². The van der Waals surface area contributed by atoms with Crippen LogP contribution in [0, 0.1) is 0 Å². The van der Waals surface area contributed by atoms with Crippen molar-refractivity contribution < 1.29 is 0 Å². The van der Waals surface area contributed by atoms with Crippen molar-refractivity contribution in [3.05, 3.63) is 186 Å². The van der Waals surface area contributed by atoms with E-state index < -0.39 is 0 Å². The van der Waals surface area contributed by atoms with Gasteiger partial charge >= 0.3 is 0 Å². The molecule has 0 spiro atoms. The first-order chi connectivity index (χ1) is 27.8. The molecule has 3 heteroatoms. The van der Waals surface area contributed by atoms with Crippen molar-refractivity contribution in [2.24, 2.45) is 0 Å². The summed E-state index contributed by atoms with van der Waals surface area (Å²) in [5, 5.41) is 2.45. The Kier molecular flexibility index (Phi) is 10.8. The molecule has 0 radical (unpaired) electrons. The lowest BCUT2D eigenvalue weighted by Crippen LogP contribution is -2.11. The Labute approximate surface area is 339 Å². The van der Waals surface area contributed by atoms with Gasteiger partial charge in [-0.2, -0.15) is 0 Å². The topological polar surface area (TPSA) is 11.4 Å². The number of fused-ring (bicyclic) bond motifs is 3. The fourth-order valence-electron chi connectivity index (χ4n) is 8.24. The van der Waals surface area contributed by atoms with Crippen molar-refractivity contribution in [1.29, 1.82) is 0 Å². The van der Waals surface area contributed by atoms with Crippen LogP contribution in [0.25, 0.3) is 27.5 Å². The van der Waals surface area contributed by atoms with Crippen LogP contribution in [0.15, 0.2) is 158 Å². The van der Waals surface area contributed by atoms with Crippen LogP contribution < -0.4 is 9.80 Å². The molecule has 8 aromatic rings. The predicted molar refractivity (Wildman–Crippen MR) is 246 cm³/mol. The monoisotopic (exact) mass is 745 g/mol. The fourth-order valence-corrected chi connectivity index (χ4v) is 8.24. The van der Waals surface area contributed by atoms with Gasteiger partial charge in [0.1, 0.15) is 0 Å². The maximum atomic E-state index is 2.46. The minimum atomic E-state index is 0.422. The molecule has 0 aliphatic heterocycles. The molecule has 1 aromatic heterocycles. The molecule has 0 unspecified atom stereocenters. The van der Waals surface area contributed by atoms with Gasteiger partial charge in [-0.1, -0.05) is 109 Å². The van der Waals surface area contributed by atoms with E-state index in [0.29, 0.717) is 11.8 Å². The normalized spacial score (nSPS) is 11.6. The first-order valence-electron chi connectivity index (χ1n) is 20.9. The molecule has 0 atom stereocenters. The summed E-state index contributed by atoms with van der Waals surface area (Å²) in [6.07, 6.45) is 2.96. The smallest absolute Gasteiger partial charge is 0.0542 e. The summed E-state index contributed by atoms with van der Waals surface area (Å²) >= 11 is 0. The second kappa shape index (κ2) is 16.2. The van der Waals surface area contributed by atoms with E-state index in [0.717, 1.165) is 30.6 Å². The number of hydrogen-bond donors (Lipinski definition) is 0. The van der Waals surface area contributed by atoms with Crippen molar-refractivity contribution in [2.45, 2.75) is 79.6 Å². The van der Waals surface area contributed by atoms with Gasteiger partial charge in [0.15, 0.2) is 0 Å². The number of nitrogens with zero attached hydrogens (tertiary/aromatic N) is 3. The molecule has 3 nitrogen and oxygen atoms in total. The zero-order valence-corrected chi connectivity index (χ0v) is 34.6. The first kappa shape index (κ1) is 37.8. The van der Waals surface area contributed by atoms with Gasteiger partial charge in [-0.15, -0.1) is 0 Å². The maximum absolute atomic E-state index is 2.46. The highest BCUT2D eigenvalue weighted by Gasteiger charge is 2.21. The van der Waals surface area contributed by atoms with Crippen molar-refractivity contribution in [2.75, 3.05) is 9.80 Å². The Hall–Kier alpha value is -6.06. The third-order valence-electron chi connectivity index (χ3n) is 11.6. The van der Waals surface area contributed by atoms with Crippen molar-refractivity contribution in [3.63, 3.8) is 0 Å². The van der Waals surface area contributed by atoms with E-state index in [1.807, 2.05) is 0 Å². The van der Waals surface area contributed by atoms with Crippen LogP contribution in [0.4, 0.5) is 34.1 Å². The van der Waals surface area contributed by atoms with E-state index >= 15 is 0 Å². The Morgan fingerprint density at radius 1 is 0.386 bits per heavy atom. The molecule has 7 aromatic carbocycles. The van der Waals surface area contributed by atoms with Crippen LogP contribution in [0.3, 0.4) is 0 Å². The number of benzene rings is 7. The molecule has 0 bridgehead atoms. The third-order valence-corrected chi connectivity index (χ3v) is 11.6. The van der Waals surface area contributed by atoms with E-state index in [9.17, 15) is 0 Å². The Morgan fingerprint density at radius 2 is 0.754 bits per heavy atom. The van der Waals surface area contributed by atoms with E-state index in [4.69, 9.17) is 0 Å². The zero-order valence-electron chi connectivity index (χ0n) is 34.6. The number of hydrogen-bond acceptors (Lipinski definition) is 2. The van der Waals surface area contributed by atoms with Gasteiger partial charge in [0.2, 0.25) is 0 Å². The molecule has 0 aliphatic rings. The van der Waals surface area contributed by atoms with Crippen molar-refractivity contribution in [3.8, 4) is 5.69 Å². The van der Waals surface area contributed by atoms with Gasteiger partial charge in [-0.3, -0.25) is 0 Å². The second-order valence-electron chi connectivity index (χ2n) is 16.0. The Bertz CT molecular complexity index is 2580. The fraction of sp³-hybridized carbons (Fsp3) is 0.222. The summed E-state index contributed by atoms with van der Waals surface area (Å²) in [6.45, 7) is 15.8. The SMILES string of the molecule is CCc1cccc(N(c2cccc(CC)c2)c2ccc3c(c2)c2cc(N(c4cccc(C(C)C)c4)c4cccc(C(C)C)c4)ccc2n3-c2cccc(CC)c2)c1. The molecule has 286 valence electrons. The van der Waals surface area contributed by atoms with Gasteiger partial charge in [-0.05, 0) is 156 Å². The summed E-state index contributed by atoms with van der Waals surface area (Å²) in [5.74, 6) is 0.844. The number of anilines is 6. The number of rotatable bonds is 12. The Balaban J connectivity index is 1.41. The highest BCUT2D eigenvalue weighted by atomic mass is 15.1. The zero-order chi connectivity index (χ0) is 39.6. The lowest BCUT2D eigenvalue weighted by Gasteiger charge is -2.27. The highest BCUT2D eigenvalue weighted by molar-refractivity contribution is 6.12. The minimum absolute atomic E-state index is 0.422. The van der Waals surface area contributed by atoms with E-state index in [2.05, 4.69) is 221 Å². The molecule has 8 rings (SSSR count). The van der Waals surface area contributed by atoms with Crippen LogP contribution >= 0.6 is 0 Å². The molecule has 0 N–H and O–H groups in total. The largest absolute Gasteiger partial charge is 0.310 e. The molecule has 0 fully saturated rings. The lowest BCUT2D eigenvalue weighted by molar-refractivity contribution is 0.864. The van der Waals surface area contributed by atoms with Crippen LogP contribution in [0.1, 0.15) is 88.1 Å². The van der Waals surface area contributed by atoms with Crippen molar-refractivity contribution in [1.82, 2.24) is 4.57 Å². The van der Waals surface area contributed by atoms with Crippen LogP contribution in [-0.4, -0.2) is 4.57 Å². The molecule has 0 aliphatic carbocycles. The summed E-state index contributed by atoms with van der Waals surface area (Å²) in [5.41, 5.74) is 17.2. The standard InChI is InChI=1S/C54H55N3/c1-8-39-16-11-21-44(30-39)55(45-22-12-17-40(9-2)31-45)49-26-28-53-51(35-49)52-36-50(27-29-54(52)57(53)46-23-13-18-41(10-3)32-46)56(47-24-14-19-42(33-47)37(4)5)48-25-15-20-43(34-48)38(6)7/h11-38H,8-10H2,1-7H3. The molecular formula is C54H55N3.